The lowest BCUT2D eigenvalue weighted by Gasteiger charge is -2.32. The highest BCUT2D eigenvalue weighted by molar-refractivity contribution is 5.95. The zero-order valence-electron chi connectivity index (χ0n) is 21.8. The van der Waals surface area contributed by atoms with Crippen molar-refractivity contribution in [2.45, 2.75) is 38.6 Å². The fourth-order valence-corrected chi connectivity index (χ4v) is 4.68. The van der Waals surface area contributed by atoms with Gasteiger partial charge in [0.25, 0.3) is 5.91 Å². The molecule has 38 heavy (non-hydrogen) atoms. The van der Waals surface area contributed by atoms with E-state index in [0.717, 1.165) is 37.6 Å². The van der Waals surface area contributed by atoms with Crippen LogP contribution in [0, 0.1) is 11.6 Å². The minimum atomic E-state index is -0.639. The molecule has 1 aliphatic rings. The largest absolute Gasteiger partial charge is 0.345 e. The lowest BCUT2D eigenvalue weighted by atomic mass is 10.1. The van der Waals surface area contributed by atoms with E-state index in [9.17, 15) is 9.18 Å². The first kappa shape index (κ1) is 25.5. The van der Waals surface area contributed by atoms with E-state index in [0.29, 0.717) is 17.5 Å². The second-order valence-electron chi connectivity index (χ2n) is 10.0. The first-order valence-electron chi connectivity index (χ1n) is 12.6. The summed E-state index contributed by atoms with van der Waals surface area (Å²) in [6.45, 7) is 5.67. The SMILES string of the molecule is CC(C)c1cnc(N2CCC(n3cc(F)c4c(Nc5ccc(C(=O)N(C)C)cc5F)ncnc43)CC2)nc1. The monoisotopic (exact) mass is 520 g/mol. The number of nitrogens with zero attached hydrogens (tertiary/aromatic N) is 7. The number of rotatable bonds is 6. The Hall–Kier alpha value is -4.15. The molecular formula is C27H30F2N8O. The van der Waals surface area contributed by atoms with Crippen LogP contribution in [0.15, 0.2) is 43.1 Å². The Bertz CT molecular complexity index is 1460. The Labute approximate surface area is 219 Å². The standard InChI is InChI=1S/C27H30F2N8O/c1-16(2)18-12-30-27(31-13-18)36-9-7-19(8-10-36)37-14-21(29)23-24(32-15-33-25(23)37)34-22-6-5-17(11-20(22)28)26(38)35(3)4/h5-6,11-16,19H,7-10H2,1-4H3,(H,32,33,34). The van der Waals surface area contributed by atoms with Crippen molar-refractivity contribution < 1.29 is 13.6 Å². The molecule has 1 amide bonds. The van der Waals surface area contributed by atoms with Gasteiger partial charge in [0, 0.05) is 57.4 Å². The molecule has 0 spiro atoms. The van der Waals surface area contributed by atoms with Gasteiger partial charge in [-0.3, -0.25) is 4.79 Å². The number of nitrogens with one attached hydrogen (secondary N) is 1. The summed E-state index contributed by atoms with van der Waals surface area (Å²) >= 11 is 0. The van der Waals surface area contributed by atoms with E-state index in [1.54, 1.807) is 14.1 Å². The summed E-state index contributed by atoms with van der Waals surface area (Å²) < 4.78 is 31.9. The van der Waals surface area contributed by atoms with Gasteiger partial charge in [0.15, 0.2) is 5.82 Å². The third kappa shape index (κ3) is 4.88. The molecule has 4 heterocycles. The number of aromatic nitrogens is 5. The lowest BCUT2D eigenvalue weighted by molar-refractivity contribution is 0.0827. The molecule has 0 saturated carbocycles. The number of halogens is 2. The number of fused-ring (bicyclic) bond motifs is 1. The number of hydrogen-bond acceptors (Lipinski definition) is 7. The van der Waals surface area contributed by atoms with Crippen molar-refractivity contribution in [2.24, 2.45) is 0 Å². The Balaban J connectivity index is 1.35. The fraction of sp³-hybridized carbons (Fsp3) is 0.370. The number of carbonyl (C=O) groups is 1. The van der Waals surface area contributed by atoms with Crippen molar-refractivity contribution >= 4 is 34.4 Å². The van der Waals surface area contributed by atoms with Gasteiger partial charge >= 0.3 is 0 Å². The molecule has 0 atom stereocenters. The highest BCUT2D eigenvalue weighted by Gasteiger charge is 2.26. The fourth-order valence-electron chi connectivity index (χ4n) is 4.68. The molecule has 1 aliphatic heterocycles. The molecule has 1 saturated heterocycles. The number of carbonyl (C=O) groups excluding carboxylic acids is 1. The van der Waals surface area contributed by atoms with E-state index < -0.39 is 11.6 Å². The summed E-state index contributed by atoms with van der Waals surface area (Å²) in [5, 5.41) is 3.07. The third-order valence-corrected chi connectivity index (χ3v) is 6.90. The first-order chi connectivity index (χ1) is 18.2. The smallest absolute Gasteiger partial charge is 0.253 e. The van der Waals surface area contributed by atoms with Crippen molar-refractivity contribution in [3.63, 3.8) is 0 Å². The molecular weight excluding hydrogens is 490 g/mol. The van der Waals surface area contributed by atoms with Crippen LogP contribution in [-0.2, 0) is 0 Å². The second kappa shape index (κ2) is 10.3. The Kier molecular flexibility index (Phi) is 6.92. The number of hydrogen-bond donors (Lipinski definition) is 1. The minimum absolute atomic E-state index is 0.0315. The summed E-state index contributed by atoms with van der Waals surface area (Å²) in [4.78, 5) is 33.2. The van der Waals surface area contributed by atoms with Crippen molar-refractivity contribution in [3.8, 4) is 0 Å². The van der Waals surface area contributed by atoms with Crippen LogP contribution in [0.3, 0.4) is 0 Å². The third-order valence-electron chi connectivity index (χ3n) is 6.90. The predicted molar refractivity (Wildman–Crippen MR) is 142 cm³/mol. The molecule has 1 aromatic carbocycles. The molecule has 9 nitrogen and oxygen atoms in total. The van der Waals surface area contributed by atoms with Crippen molar-refractivity contribution in [1.82, 2.24) is 29.4 Å². The summed E-state index contributed by atoms with van der Waals surface area (Å²) in [6.07, 6.45) is 8.05. The average molecular weight is 521 g/mol. The van der Waals surface area contributed by atoms with Gasteiger partial charge in [-0.15, -0.1) is 0 Å². The molecule has 0 radical (unpaired) electrons. The van der Waals surface area contributed by atoms with Gasteiger partial charge in [0.05, 0.1) is 11.1 Å². The number of benzene rings is 1. The number of piperidine rings is 1. The van der Waals surface area contributed by atoms with E-state index in [1.807, 2.05) is 17.0 Å². The van der Waals surface area contributed by atoms with Crippen LogP contribution >= 0.6 is 0 Å². The summed E-state index contributed by atoms with van der Waals surface area (Å²) in [5.41, 5.74) is 1.84. The Morgan fingerprint density at radius 3 is 2.39 bits per heavy atom. The lowest BCUT2D eigenvalue weighted by Crippen LogP contribution is -2.35. The van der Waals surface area contributed by atoms with Crippen LogP contribution < -0.4 is 10.2 Å². The van der Waals surface area contributed by atoms with Crippen LogP contribution in [0.5, 0.6) is 0 Å². The molecule has 198 valence electrons. The van der Waals surface area contributed by atoms with Crippen LogP contribution in [0.1, 0.15) is 54.6 Å². The van der Waals surface area contributed by atoms with Crippen LogP contribution in [0.2, 0.25) is 0 Å². The topological polar surface area (TPSA) is 92.1 Å². The normalized spacial score (nSPS) is 14.3. The van der Waals surface area contributed by atoms with Gasteiger partial charge in [0.2, 0.25) is 5.95 Å². The summed E-state index contributed by atoms with van der Waals surface area (Å²) in [7, 11) is 3.19. The zero-order valence-corrected chi connectivity index (χ0v) is 21.8. The van der Waals surface area contributed by atoms with E-state index in [1.165, 1.54) is 29.6 Å². The van der Waals surface area contributed by atoms with Crippen LogP contribution in [0.25, 0.3) is 11.0 Å². The van der Waals surface area contributed by atoms with Crippen molar-refractivity contribution in [3.05, 3.63) is 65.9 Å². The molecule has 0 unspecified atom stereocenters. The van der Waals surface area contributed by atoms with E-state index in [-0.39, 0.29) is 34.4 Å². The molecule has 11 heteroatoms. The average Bonchev–Trinajstić information content (AvgIpc) is 3.26. The highest BCUT2D eigenvalue weighted by atomic mass is 19.1. The molecule has 1 fully saturated rings. The van der Waals surface area contributed by atoms with Crippen molar-refractivity contribution in [2.75, 3.05) is 37.4 Å². The predicted octanol–water partition coefficient (Wildman–Crippen LogP) is 4.91. The minimum Gasteiger partial charge on any atom is -0.345 e. The summed E-state index contributed by atoms with van der Waals surface area (Å²) in [6, 6.07) is 4.14. The maximum atomic E-state index is 15.2. The van der Waals surface area contributed by atoms with Gasteiger partial charge in [0.1, 0.15) is 23.6 Å². The zero-order chi connectivity index (χ0) is 27.0. The van der Waals surface area contributed by atoms with Gasteiger partial charge in [-0.25, -0.2) is 28.7 Å². The van der Waals surface area contributed by atoms with Crippen LogP contribution in [-0.4, -0.2) is 62.5 Å². The highest BCUT2D eigenvalue weighted by Crippen LogP contribution is 2.33. The second-order valence-corrected chi connectivity index (χ2v) is 10.0. The first-order valence-corrected chi connectivity index (χ1v) is 12.6. The number of amides is 1. The molecule has 5 rings (SSSR count). The van der Waals surface area contributed by atoms with Crippen molar-refractivity contribution in [1.29, 1.82) is 0 Å². The summed E-state index contributed by atoms with van der Waals surface area (Å²) in [5.74, 6) is -0.207. The van der Waals surface area contributed by atoms with Gasteiger partial charge in [-0.1, -0.05) is 13.8 Å². The Morgan fingerprint density at radius 2 is 1.76 bits per heavy atom. The molecule has 3 aromatic heterocycles. The van der Waals surface area contributed by atoms with Gasteiger partial charge in [-0.2, -0.15) is 0 Å². The Morgan fingerprint density at radius 1 is 1.05 bits per heavy atom. The van der Waals surface area contributed by atoms with E-state index >= 15 is 4.39 Å². The molecule has 4 aromatic rings. The molecule has 1 N–H and O–H groups in total. The molecule has 0 aliphatic carbocycles. The maximum Gasteiger partial charge on any atom is 0.253 e. The van der Waals surface area contributed by atoms with Gasteiger partial charge < -0.3 is 19.7 Å². The quantitative estimate of drug-likeness (QED) is 0.386. The maximum absolute atomic E-state index is 15.2. The molecule has 0 bridgehead atoms. The van der Waals surface area contributed by atoms with Gasteiger partial charge in [-0.05, 0) is 42.5 Å². The van der Waals surface area contributed by atoms with E-state index in [2.05, 4.69) is 44.0 Å². The van der Waals surface area contributed by atoms with Crippen LogP contribution in [0.4, 0.5) is 26.2 Å². The van der Waals surface area contributed by atoms with E-state index in [4.69, 9.17) is 0 Å². The number of anilines is 3.